The monoisotopic (exact) mass is 401 g/mol. The van der Waals surface area contributed by atoms with Crippen molar-refractivity contribution in [2.75, 3.05) is 6.61 Å². The summed E-state index contributed by atoms with van der Waals surface area (Å²) in [5.74, 6) is -0.493. The number of hydrogen-bond donors (Lipinski definition) is 0. The summed E-state index contributed by atoms with van der Waals surface area (Å²) in [4.78, 5) is 28.7. The first kappa shape index (κ1) is 19.6. The first-order valence-corrected chi connectivity index (χ1v) is 9.50. The van der Waals surface area contributed by atoms with Crippen molar-refractivity contribution in [3.05, 3.63) is 69.6 Å². The standard InChI is InChI=1S/C20H19NO6S/c1-3-24-19(22)16-8-9-25-18(16)11-27-20(23)15-6-4-5-7-17(15)26-10-14-12-28-13(2)21-14/h4-9,12H,3,10-11H2,1-2H3. The zero-order valence-electron chi connectivity index (χ0n) is 15.5. The lowest BCUT2D eigenvalue weighted by molar-refractivity contribution is 0.0418. The molecule has 0 saturated heterocycles. The Morgan fingerprint density at radius 2 is 1.86 bits per heavy atom. The number of aryl methyl sites for hydroxylation is 1. The third-order valence-electron chi connectivity index (χ3n) is 3.72. The van der Waals surface area contributed by atoms with Crippen LogP contribution in [0.5, 0.6) is 5.75 Å². The van der Waals surface area contributed by atoms with Crippen LogP contribution in [0.3, 0.4) is 0 Å². The summed E-state index contributed by atoms with van der Waals surface area (Å²) in [7, 11) is 0. The number of rotatable bonds is 8. The molecule has 7 nitrogen and oxygen atoms in total. The molecule has 28 heavy (non-hydrogen) atoms. The Morgan fingerprint density at radius 1 is 1.07 bits per heavy atom. The summed E-state index contributed by atoms with van der Waals surface area (Å²) in [6, 6.07) is 8.26. The molecule has 3 rings (SSSR count). The lowest BCUT2D eigenvalue weighted by atomic mass is 10.2. The van der Waals surface area contributed by atoms with Gasteiger partial charge in [0.2, 0.25) is 0 Å². The predicted molar refractivity (Wildman–Crippen MR) is 101 cm³/mol. The molecule has 0 bridgehead atoms. The minimum absolute atomic E-state index is 0.195. The number of esters is 2. The molecule has 2 heterocycles. The maximum atomic E-state index is 12.5. The summed E-state index contributed by atoms with van der Waals surface area (Å²) in [5, 5.41) is 2.85. The quantitative estimate of drug-likeness (QED) is 0.524. The number of hydrogen-bond acceptors (Lipinski definition) is 8. The van der Waals surface area contributed by atoms with E-state index < -0.39 is 11.9 Å². The molecule has 8 heteroatoms. The average Bonchev–Trinajstić information content (AvgIpc) is 3.33. The van der Waals surface area contributed by atoms with Crippen molar-refractivity contribution >= 4 is 23.3 Å². The van der Waals surface area contributed by atoms with Gasteiger partial charge in [0.1, 0.15) is 23.5 Å². The van der Waals surface area contributed by atoms with Crippen LogP contribution in [0.2, 0.25) is 0 Å². The highest BCUT2D eigenvalue weighted by molar-refractivity contribution is 7.09. The Morgan fingerprint density at radius 3 is 2.61 bits per heavy atom. The van der Waals surface area contributed by atoms with Crippen LogP contribution in [-0.2, 0) is 22.7 Å². The van der Waals surface area contributed by atoms with Crippen LogP contribution < -0.4 is 4.74 Å². The van der Waals surface area contributed by atoms with Crippen LogP contribution in [0.4, 0.5) is 0 Å². The van der Waals surface area contributed by atoms with E-state index in [1.54, 1.807) is 31.2 Å². The number of carbonyl (C=O) groups excluding carboxylic acids is 2. The smallest absolute Gasteiger partial charge is 0.342 e. The molecule has 0 unspecified atom stereocenters. The third kappa shape index (κ3) is 4.77. The zero-order chi connectivity index (χ0) is 19.9. The second kappa shape index (κ2) is 9.18. The van der Waals surface area contributed by atoms with E-state index in [1.807, 2.05) is 12.3 Å². The van der Waals surface area contributed by atoms with E-state index in [2.05, 4.69) is 4.98 Å². The number of ether oxygens (including phenoxy) is 3. The van der Waals surface area contributed by atoms with Gasteiger partial charge in [0.05, 0.1) is 23.6 Å². The Labute approximate surface area is 165 Å². The summed E-state index contributed by atoms with van der Waals surface area (Å²) < 4.78 is 21.2. The number of benzene rings is 1. The van der Waals surface area contributed by atoms with E-state index in [-0.39, 0.29) is 36.7 Å². The van der Waals surface area contributed by atoms with Crippen molar-refractivity contribution in [3.8, 4) is 5.75 Å². The number of nitrogens with zero attached hydrogens (tertiary/aromatic N) is 1. The molecule has 0 aliphatic heterocycles. The van der Waals surface area contributed by atoms with E-state index in [1.165, 1.54) is 23.7 Å². The maximum Gasteiger partial charge on any atom is 0.342 e. The fourth-order valence-corrected chi connectivity index (χ4v) is 3.04. The van der Waals surface area contributed by atoms with E-state index in [4.69, 9.17) is 18.6 Å². The second-order valence-corrected chi connectivity index (χ2v) is 6.76. The zero-order valence-corrected chi connectivity index (χ0v) is 16.3. The Hall–Kier alpha value is -3.13. The van der Waals surface area contributed by atoms with Gasteiger partial charge in [-0.05, 0) is 32.0 Å². The molecule has 0 atom stereocenters. The van der Waals surface area contributed by atoms with Gasteiger partial charge in [-0.15, -0.1) is 11.3 Å². The lowest BCUT2D eigenvalue weighted by Crippen LogP contribution is -2.11. The molecule has 0 saturated carbocycles. The van der Waals surface area contributed by atoms with Gasteiger partial charge in [-0.25, -0.2) is 14.6 Å². The number of carbonyl (C=O) groups is 2. The fraction of sp³-hybridized carbons (Fsp3) is 0.250. The Balaban J connectivity index is 1.65. The average molecular weight is 401 g/mol. The summed E-state index contributed by atoms with van der Waals surface area (Å²) >= 11 is 1.53. The molecular weight excluding hydrogens is 382 g/mol. The number of thiazole rings is 1. The molecule has 2 aromatic heterocycles. The summed E-state index contributed by atoms with van der Waals surface area (Å²) in [5.41, 5.74) is 1.30. The molecule has 0 fully saturated rings. The van der Waals surface area contributed by atoms with Crippen molar-refractivity contribution in [3.63, 3.8) is 0 Å². The predicted octanol–water partition coefficient (Wildman–Crippen LogP) is 4.16. The number of para-hydroxylation sites is 1. The molecule has 146 valence electrons. The van der Waals surface area contributed by atoms with Gasteiger partial charge in [-0.1, -0.05) is 12.1 Å². The van der Waals surface area contributed by atoms with Crippen LogP contribution in [0.1, 0.15) is 44.1 Å². The van der Waals surface area contributed by atoms with Crippen LogP contribution in [-0.4, -0.2) is 23.5 Å². The normalized spacial score (nSPS) is 10.5. The van der Waals surface area contributed by atoms with Gasteiger partial charge < -0.3 is 18.6 Å². The molecule has 0 radical (unpaired) electrons. The van der Waals surface area contributed by atoms with Crippen molar-refractivity contribution < 1.29 is 28.2 Å². The maximum absolute atomic E-state index is 12.5. The van der Waals surface area contributed by atoms with E-state index in [0.29, 0.717) is 5.75 Å². The van der Waals surface area contributed by atoms with Gasteiger partial charge in [0.25, 0.3) is 0 Å². The Kier molecular flexibility index (Phi) is 6.44. The van der Waals surface area contributed by atoms with Gasteiger partial charge in [0, 0.05) is 5.38 Å². The van der Waals surface area contributed by atoms with Gasteiger partial charge >= 0.3 is 11.9 Å². The largest absolute Gasteiger partial charge is 0.486 e. The van der Waals surface area contributed by atoms with Crippen LogP contribution in [0, 0.1) is 6.92 Å². The summed E-state index contributed by atoms with van der Waals surface area (Å²) in [6.45, 7) is 3.92. The topological polar surface area (TPSA) is 87.9 Å². The summed E-state index contributed by atoms with van der Waals surface area (Å²) in [6.07, 6.45) is 1.35. The van der Waals surface area contributed by atoms with Gasteiger partial charge in [-0.2, -0.15) is 0 Å². The lowest BCUT2D eigenvalue weighted by Gasteiger charge is -2.10. The van der Waals surface area contributed by atoms with Crippen LogP contribution in [0.25, 0.3) is 0 Å². The van der Waals surface area contributed by atoms with Crippen molar-refractivity contribution in [1.29, 1.82) is 0 Å². The fourth-order valence-electron chi connectivity index (χ4n) is 2.44. The minimum atomic E-state index is -0.587. The van der Waals surface area contributed by atoms with E-state index in [0.717, 1.165) is 10.7 Å². The first-order valence-electron chi connectivity index (χ1n) is 8.62. The third-order valence-corrected chi connectivity index (χ3v) is 4.55. The highest BCUT2D eigenvalue weighted by atomic mass is 32.1. The second-order valence-electron chi connectivity index (χ2n) is 5.70. The molecule has 0 aliphatic carbocycles. The van der Waals surface area contributed by atoms with Crippen molar-refractivity contribution in [1.82, 2.24) is 4.98 Å². The van der Waals surface area contributed by atoms with E-state index >= 15 is 0 Å². The number of furan rings is 1. The van der Waals surface area contributed by atoms with E-state index in [9.17, 15) is 9.59 Å². The SMILES string of the molecule is CCOC(=O)c1ccoc1COC(=O)c1ccccc1OCc1csc(C)n1. The molecule has 1 aromatic carbocycles. The highest BCUT2D eigenvalue weighted by Gasteiger charge is 2.19. The molecule has 0 spiro atoms. The van der Waals surface area contributed by atoms with Gasteiger partial charge in [0.15, 0.2) is 12.4 Å². The molecular formula is C20H19NO6S. The number of aromatic nitrogens is 1. The molecule has 0 amide bonds. The van der Waals surface area contributed by atoms with Gasteiger partial charge in [-0.3, -0.25) is 0 Å². The first-order chi connectivity index (χ1) is 13.6. The van der Waals surface area contributed by atoms with Crippen LogP contribution >= 0.6 is 11.3 Å². The van der Waals surface area contributed by atoms with Crippen molar-refractivity contribution in [2.24, 2.45) is 0 Å². The van der Waals surface area contributed by atoms with Crippen molar-refractivity contribution in [2.45, 2.75) is 27.1 Å². The highest BCUT2D eigenvalue weighted by Crippen LogP contribution is 2.22. The molecule has 0 aliphatic rings. The molecule has 3 aromatic rings. The van der Waals surface area contributed by atoms with Crippen LogP contribution in [0.15, 0.2) is 46.4 Å². The minimum Gasteiger partial charge on any atom is -0.486 e. The molecule has 0 N–H and O–H groups in total. The Bertz CT molecular complexity index is 961.